The standard InChI is InChI=1S/C19H19NO4/c1-12-4-6-15-13(11-24-18(15)8-12)9-19(21)20-16-10-14(22-2)5-7-17(16)23-3/h4-8,10-11H,9H2,1-3H3,(H,20,21). The van der Waals surface area contributed by atoms with Crippen molar-refractivity contribution in [3.8, 4) is 11.5 Å². The van der Waals surface area contributed by atoms with Gasteiger partial charge in [-0.3, -0.25) is 4.79 Å². The molecule has 1 aromatic heterocycles. The average molecular weight is 325 g/mol. The van der Waals surface area contributed by atoms with Crippen LogP contribution in [0.2, 0.25) is 0 Å². The molecule has 0 spiro atoms. The summed E-state index contributed by atoms with van der Waals surface area (Å²) < 4.78 is 16.0. The van der Waals surface area contributed by atoms with Gasteiger partial charge < -0.3 is 19.2 Å². The number of furan rings is 1. The lowest BCUT2D eigenvalue weighted by atomic mass is 10.1. The first-order valence-corrected chi connectivity index (χ1v) is 7.59. The number of anilines is 1. The van der Waals surface area contributed by atoms with Crippen LogP contribution in [-0.2, 0) is 11.2 Å². The van der Waals surface area contributed by atoms with Gasteiger partial charge in [0, 0.05) is 17.0 Å². The Kier molecular flexibility index (Phi) is 4.42. The number of nitrogens with one attached hydrogen (secondary N) is 1. The van der Waals surface area contributed by atoms with Crippen molar-refractivity contribution in [1.82, 2.24) is 0 Å². The molecule has 2 aromatic carbocycles. The molecule has 1 N–H and O–H groups in total. The molecule has 1 heterocycles. The molecule has 5 heteroatoms. The molecule has 0 saturated heterocycles. The molecule has 5 nitrogen and oxygen atoms in total. The lowest BCUT2D eigenvalue weighted by Gasteiger charge is -2.11. The monoisotopic (exact) mass is 325 g/mol. The van der Waals surface area contributed by atoms with Crippen molar-refractivity contribution in [2.24, 2.45) is 0 Å². The van der Waals surface area contributed by atoms with E-state index < -0.39 is 0 Å². The third-order valence-corrected chi connectivity index (χ3v) is 3.84. The molecule has 0 aliphatic rings. The third-order valence-electron chi connectivity index (χ3n) is 3.84. The summed E-state index contributed by atoms with van der Waals surface area (Å²) in [6.07, 6.45) is 1.85. The second kappa shape index (κ2) is 6.66. The van der Waals surface area contributed by atoms with Crippen molar-refractivity contribution in [1.29, 1.82) is 0 Å². The molecule has 0 unspecified atom stereocenters. The normalized spacial score (nSPS) is 10.6. The lowest BCUT2D eigenvalue weighted by Crippen LogP contribution is -2.15. The molecule has 3 aromatic rings. The van der Waals surface area contributed by atoms with Crippen molar-refractivity contribution >= 4 is 22.6 Å². The number of carbonyl (C=O) groups is 1. The first-order chi connectivity index (χ1) is 11.6. The van der Waals surface area contributed by atoms with Crippen molar-refractivity contribution in [3.63, 3.8) is 0 Å². The number of fused-ring (bicyclic) bond motifs is 1. The molecule has 0 saturated carbocycles. The van der Waals surface area contributed by atoms with E-state index in [1.807, 2.05) is 25.1 Å². The molecular formula is C19H19NO4. The predicted octanol–water partition coefficient (Wildman–Crippen LogP) is 3.94. The molecule has 0 aliphatic carbocycles. The zero-order valence-corrected chi connectivity index (χ0v) is 13.9. The highest BCUT2D eigenvalue weighted by Crippen LogP contribution is 2.29. The second-order valence-electron chi connectivity index (χ2n) is 5.55. The molecule has 124 valence electrons. The van der Waals surface area contributed by atoms with Gasteiger partial charge in [0.15, 0.2) is 0 Å². The fourth-order valence-corrected chi connectivity index (χ4v) is 2.61. The summed E-state index contributed by atoms with van der Waals surface area (Å²) >= 11 is 0. The fourth-order valence-electron chi connectivity index (χ4n) is 2.61. The molecule has 24 heavy (non-hydrogen) atoms. The molecule has 0 aliphatic heterocycles. The molecule has 0 fully saturated rings. The van der Waals surface area contributed by atoms with E-state index >= 15 is 0 Å². The number of hydrogen-bond donors (Lipinski definition) is 1. The van der Waals surface area contributed by atoms with Gasteiger partial charge in [0.2, 0.25) is 5.91 Å². The number of ether oxygens (including phenoxy) is 2. The highest BCUT2D eigenvalue weighted by molar-refractivity contribution is 5.96. The molecule has 0 radical (unpaired) electrons. The third kappa shape index (κ3) is 3.20. The fraction of sp³-hybridized carbons (Fsp3) is 0.211. The summed E-state index contributed by atoms with van der Waals surface area (Å²) in [5.41, 5.74) is 3.33. The highest BCUT2D eigenvalue weighted by Gasteiger charge is 2.13. The van der Waals surface area contributed by atoms with Crippen molar-refractivity contribution in [2.75, 3.05) is 19.5 Å². The van der Waals surface area contributed by atoms with E-state index in [-0.39, 0.29) is 12.3 Å². The van der Waals surface area contributed by atoms with E-state index in [1.54, 1.807) is 38.7 Å². The van der Waals surface area contributed by atoms with Gasteiger partial charge in [0.1, 0.15) is 17.1 Å². The van der Waals surface area contributed by atoms with Crippen LogP contribution in [0.3, 0.4) is 0 Å². The molecule has 3 rings (SSSR count). The van der Waals surface area contributed by atoms with E-state index in [0.717, 1.165) is 22.1 Å². The maximum Gasteiger partial charge on any atom is 0.229 e. The predicted molar refractivity (Wildman–Crippen MR) is 92.8 cm³/mol. The smallest absolute Gasteiger partial charge is 0.229 e. The Bertz CT molecular complexity index is 882. The quantitative estimate of drug-likeness (QED) is 0.772. The Hall–Kier alpha value is -2.95. The van der Waals surface area contributed by atoms with Crippen LogP contribution in [0.15, 0.2) is 47.1 Å². The Morgan fingerprint density at radius 1 is 1.12 bits per heavy atom. The summed E-state index contributed by atoms with van der Waals surface area (Å²) in [5.74, 6) is 1.08. The zero-order valence-electron chi connectivity index (χ0n) is 13.9. The minimum atomic E-state index is -0.148. The van der Waals surface area contributed by atoms with Crippen LogP contribution in [0.1, 0.15) is 11.1 Å². The van der Waals surface area contributed by atoms with Gasteiger partial charge >= 0.3 is 0 Å². The summed E-state index contributed by atoms with van der Waals surface area (Å²) in [5, 5.41) is 3.82. The topological polar surface area (TPSA) is 60.7 Å². The molecule has 0 bridgehead atoms. The van der Waals surface area contributed by atoms with E-state index in [1.165, 1.54) is 0 Å². The minimum absolute atomic E-state index is 0.148. The Labute approximate surface area is 140 Å². The molecular weight excluding hydrogens is 306 g/mol. The van der Waals surface area contributed by atoms with E-state index in [2.05, 4.69) is 5.32 Å². The van der Waals surface area contributed by atoms with Crippen molar-refractivity contribution < 1.29 is 18.7 Å². The number of hydrogen-bond acceptors (Lipinski definition) is 4. The summed E-state index contributed by atoms with van der Waals surface area (Å²) in [6, 6.07) is 11.2. The number of aryl methyl sites for hydroxylation is 1. The SMILES string of the molecule is COc1ccc(OC)c(NC(=O)Cc2coc3cc(C)ccc23)c1. The van der Waals surface area contributed by atoms with Gasteiger partial charge in [-0.1, -0.05) is 12.1 Å². The van der Waals surface area contributed by atoms with Crippen LogP contribution in [0, 0.1) is 6.92 Å². The van der Waals surface area contributed by atoms with Crippen LogP contribution < -0.4 is 14.8 Å². The van der Waals surface area contributed by atoms with Crippen molar-refractivity contribution in [2.45, 2.75) is 13.3 Å². The minimum Gasteiger partial charge on any atom is -0.497 e. The van der Waals surface area contributed by atoms with Crippen LogP contribution in [-0.4, -0.2) is 20.1 Å². The van der Waals surface area contributed by atoms with Crippen molar-refractivity contribution in [3.05, 3.63) is 53.8 Å². The van der Waals surface area contributed by atoms with Crippen LogP contribution in [0.5, 0.6) is 11.5 Å². The van der Waals surface area contributed by atoms with Gasteiger partial charge in [0.05, 0.1) is 32.6 Å². The second-order valence-corrected chi connectivity index (χ2v) is 5.55. The number of rotatable bonds is 5. The summed E-state index contributed by atoms with van der Waals surface area (Å²) in [7, 11) is 3.14. The molecule has 0 atom stereocenters. The molecule has 1 amide bonds. The number of carbonyl (C=O) groups excluding carboxylic acids is 1. The summed E-state index contributed by atoms with van der Waals surface area (Å²) in [6.45, 7) is 2.00. The van der Waals surface area contributed by atoms with Crippen LogP contribution in [0.4, 0.5) is 5.69 Å². The van der Waals surface area contributed by atoms with Gasteiger partial charge in [-0.15, -0.1) is 0 Å². The maximum absolute atomic E-state index is 12.4. The van der Waals surface area contributed by atoms with Gasteiger partial charge in [-0.25, -0.2) is 0 Å². The van der Waals surface area contributed by atoms with E-state index in [4.69, 9.17) is 13.9 Å². The van der Waals surface area contributed by atoms with Crippen LogP contribution in [0.25, 0.3) is 11.0 Å². The van der Waals surface area contributed by atoms with E-state index in [9.17, 15) is 4.79 Å². The Morgan fingerprint density at radius 2 is 1.96 bits per heavy atom. The lowest BCUT2D eigenvalue weighted by molar-refractivity contribution is -0.115. The largest absolute Gasteiger partial charge is 0.497 e. The average Bonchev–Trinajstić information content (AvgIpc) is 2.96. The van der Waals surface area contributed by atoms with Gasteiger partial charge in [-0.2, -0.15) is 0 Å². The zero-order chi connectivity index (χ0) is 17.1. The first kappa shape index (κ1) is 15.9. The Morgan fingerprint density at radius 3 is 2.71 bits per heavy atom. The Balaban J connectivity index is 1.80. The van der Waals surface area contributed by atoms with Crippen LogP contribution >= 0.6 is 0 Å². The first-order valence-electron chi connectivity index (χ1n) is 7.59. The highest BCUT2D eigenvalue weighted by atomic mass is 16.5. The number of methoxy groups -OCH3 is 2. The number of benzene rings is 2. The maximum atomic E-state index is 12.4. The summed E-state index contributed by atoms with van der Waals surface area (Å²) in [4.78, 5) is 12.4. The number of amides is 1. The van der Waals surface area contributed by atoms with Gasteiger partial charge in [-0.05, 0) is 30.7 Å². The van der Waals surface area contributed by atoms with E-state index in [0.29, 0.717) is 17.2 Å². The van der Waals surface area contributed by atoms with Gasteiger partial charge in [0.25, 0.3) is 0 Å².